The third-order valence-corrected chi connectivity index (χ3v) is 9.17. The first kappa shape index (κ1) is 22.7. The summed E-state index contributed by atoms with van der Waals surface area (Å²) in [5.74, 6) is 0. The van der Waals surface area contributed by atoms with E-state index in [0.29, 0.717) is 0 Å². The molecule has 0 aliphatic heterocycles. The number of nitrogens with two attached hydrogens (primary N) is 1. The number of nitrogen functional groups attached to an aromatic ring is 1. The van der Waals surface area contributed by atoms with Crippen LogP contribution in [0.5, 0.6) is 0 Å². The van der Waals surface area contributed by atoms with Crippen molar-refractivity contribution in [2.75, 3.05) is 5.73 Å². The lowest BCUT2D eigenvalue weighted by Crippen LogP contribution is -2.24. The van der Waals surface area contributed by atoms with Gasteiger partial charge < -0.3 is 10.3 Å². The maximum Gasteiger partial charge on any atom is 0.171 e. The Morgan fingerprint density at radius 3 is 1.37 bits per heavy atom. The Kier molecular flexibility index (Phi) is 6.48. The highest BCUT2D eigenvalue weighted by Gasteiger charge is 2.29. The van der Waals surface area contributed by atoms with Crippen molar-refractivity contribution in [3.05, 3.63) is 146 Å². The van der Waals surface area contributed by atoms with E-state index in [1.54, 1.807) is 0 Å². The van der Waals surface area contributed by atoms with Gasteiger partial charge >= 0.3 is 0 Å². The third kappa shape index (κ3) is 4.75. The van der Waals surface area contributed by atoms with E-state index in [2.05, 4.69) is 36.4 Å². The van der Waals surface area contributed by atoms with E-state index in [4.69, 9.17) is 5.73 Å². The molecule has 6 aromatic carbocycles. The van der Waals surface area contributed by atoms with Crippen LogP contribution in [0.25, 0.3) is 21.5 Å². The second-order valence-electron chi connectivity index (χ2n) is 8.42. The van der Waals surface area contributed by atoms with Crippen molar-refractivity contribution in [2.24, 2.45) is 0 Å². The maximum atomic E-state index is 14.3. The fourth-order valence-corrected chi connectivity index (χ4v) is 6.99. The Bertz CT molecular complexity index is 1580. The van der Waals surface area contributed by atoms with Gasteiger partial charge in [0, 0.05) is 21.6 Å². The van der Waals surface area contributed by atoms with Crippen molar-refractivity contribution in [1.29, 1.82) is 0 Å². The molecule has 2 N–H and O–H groups in total. The molecule has 0 spiro atoms. The molecule has 170 valence electrons. The van der Waals surface area contributed by atoms with E-state index in [-0.39, 0.29) is 0 Å². The van der Waals surface area contributed by atoms with E-state index in [9.17, 15) is 4.57 Å². The number of benzene rings is 6. The largest absolute Gasteiger partial charge is 0.399 e. The first-order valence-electron chi connectivity index (χ1n) is 11.6. The van der Waals surface area contributed by atoms with Crippen LogP contribution in [0.2, 0.25) is 0 Å². The summed E-state index contributed by atoms with van der Waals surface area (Å²) in [7, 11) is -2.88. The minimum atomic E-state index is -2.88. The molecule has 0 unspecified atom stereocenters. The van der Waals surface area contributed by atoms with Crippen LogP contribution in [0, 0.1) is 0 Å². The molecule has 3 heteroatoms. The molecule has 0 amide bonds. The molecule has 0 bridgehead atoms. The molecule has 0 saturated heterocycles. The molecule has 0 heterocycles. The van der Waals surface area contributed by atoms with Gasteiger partial charge in [0.1, 0.15) is 0 Å². The molecule has 0 aliphatic carbocycles. The Labute approximate surface area is 206 Å². The molecule has 35 heavy (non-hydrogen) atoms. The van der Waals surface area contributed by atoms with E-state index < -0.39 is 7.14 Å². The fraction of sp³-hybridized carbons (Fsp3) is 0. The minimum absolute atomic E-state index is 0.823. The average molecular weight is 472 g/mol. The van der Waals surface area contributed by atoms with Crippen LogP contribution in [0.3, 0.4) is 0 Å². The average Bonchev–Trinajstić information content (AvgIpc) is 2.93. The van der Waals surface area contributed by atoms with Gasteiger partial charge in [0.25, 0.3) is 0 Å². The van der Waals surface area contributed by atoms with Crippen molar-refractivity contribution in [3.63, 3.8) is 0 Å². The van der Waals surface area contributed by atoms with Gasteiger partial charge in [-0.2, -0.15) is 0 Å². The standard InChI is InChI=1S/C22H17OP.C10H9N/c23-24(20-11-3-1-4-12-20,21-13-5-2-6-14-21)22-16-15-18-9-7-8-10-19(18)17-22;11-10-6-5-8-3-1-2-4-9(8)7-10/h1-17H;1-7H,11H2. The minimum Gasteiger partial charge on any atom is -0.399 e. The van der Waals surface area contributed by atoms with Crippen LogP contribution in [-0.4, -0.2) is 0 Å². The Morgan fingerprint density at radius 2 is 0.829 bits per heavy atom. The maximum absolute atomic E-state index is 14.3. The van der Waals surface area contributed by atoms with Crippen LogP contribution in [-0.2, 0) is 4.57 Å². The molecule has 6 aromatic rings. The van der Waals surface area contributed by atoms with Gasteiger partial charge in [-0.25, -0.2) is 0 Å². The zero-order valence-electron chi connectivity index (χ0n) is 19.3. The Morgan fingerprint density at radius 1 is 0.400 bits per heavy atom. The normalized spacial score (nSPS) is 11.1. The summed E-state index contributed by atoms with van der Waals surface area (Å²) < 4.78 is 14.3. The quantitative estimate of drug-likeness (QED) is 0.225. The van der Waals surface area contributed by atoms with Crippen LogP contribution in [0.4, 0.5) is 5.69 Å². The Hall–Kier alpha value is -4.13. The topological polar surface area (TPSA) is 43.1 Å². The summed E-state index contributed by atoms with van der Waals surface area (Å²) >= 11 is 0. The molecule has 0 fully saturated rings. The second kappa shape index (κ2) is 10.0. The predicted molar refractivity (Wildman–Crippen MR) is 152 cm³/mol. The summed E-state index contributed by atoms with van der Waals surface area (Å²) in [4.78, 5) is 0. The SMILES string of the molecule is Nc1ccc2ccccc2c1.O=P(c1ccccc1)(c1ccccc1)c1ccc2ccccc2c1. The summed E-state index contributed by atoms with van der Waals surface area (Å²) in [5, 5.41) is 7.32. The van der Waals surface area contributed by atoms with Gasteiger partial charge in [0.2, 0.25) is 0 Å². The summed E-state index contributed by atoms with van der Waals surface area (Å²) in [6.45, 7) is 0. The van der Waals surface area contributed by atoms with Gasteiger partial charge in [0.05, 0.1) is 0 Å². The van der Waals surface area contributed by atoms with Crippen LogP contribution >= 0.6 is 7.14 Å². The third-order valence-electron chi connectivity index (χ3n) is 6.11. The number of fused-ring (bicyclic) bond motifs is 2. The van der Waals surface area contributed by atoms with Crippen LogP contribution in [0.15, 0.2) is 146 Å². The molecule has 0 radical (unpaired) electrons. The zero-order valence-corrected chi connectivity index (χ0v) is 20.2. The first-order valence-corrected chi connectivity index (χ1v) is 13.3. The van der Waals surface area contributed by atoms with E-state index in [1.807, 2.05) is 109 Å². The first-order chi connectivity index (χ1) is 17.1. The van der Waals surface area contributed by atoms with Gasteiger partial charge in [0.15, 0.2) is 7.14 Å². The molecule has 2 nitrogen and oxygen atoms in total. The molecule has 0 aromatic heterocycles. The number of hydrogen-bond acceptors (Lipinski definition) is 2. The molecular weight excluding hydrogens is 445 g/mol. The lowest BCUT2D eigenvalue weighted by molar-refractivity contribution is 0.592. The van der Waals surface area contributed by atoms with E-state index >= 15 is 0 Å². The zero-order chi connectivity index (χ0) is 24.1. The lowest BCUT2D eigenvalue weighted by atomic mass is 10.1. The van der Waals surface area contributed by atoms with Crippen LogP contribution in [0.1, 0.15) is 0 Å². The van der Waals surface area contributed by atoms with Crippen molar-refractivity contribution in [2.45, 2.75) is 0 Å². The lowest BCUT2D eigenvalue weighted by Gasteiger charge is -2.20. The highest BCUT2D eigenvalue weighted by Crippen LogP contribution is 2.42. The van der Waals surface area contributed by atoms with E-state index in [0.717, 1.165) is 32.4 Å². The van der Waals surface area contributed by atoms with Gasteiger partial charge in [-0.15, -0.1) is 0 Å². The van der Waals surface area contributed by atoms with Crippen LogP contribution < -0.4 is 21.6 Å². The molecule has 0 saturated carbocycles. The molecular formula is C32H26NOP. The summed E-state index contributed by atoms with van der Waals surface area (Å²) in [6.07, 6.45) is 0. The van der Waals surface area contributed by atoms with Gasteiger partial charge in [-0.1, -0.05) is 127 Å². The van der Waals surface area contributed by atoms with Crippen molar-refractivity contribution < 1.29 is 4.57 Å². The number of hydrogen-bond donors (Lipinski definition) is 1. The van der Waals surface area contributed by atoms with Gasteiger partial charge in [-0.3, -0.25) is 0 Å². The van der Waals surface area contributed by atoms with Crippen molar-refractivity contribution in [3.8, 4) is 0 Å². The number of rotatable bonds is 3. The van der Waals surface area contributed by atoms with E-state index in [1.165, 1.54) is 10.8 Å². The monoisotopic (exact) mass is 471 g/mol. The molecule has 0 aliphatic rings. The number of anilines is 1. The summed E-state index contributed by atoms with van der Waals surface area (Å²) in [6, 6.07) is 48.0. The second-order valence-corrected chi connectivity index (χ2v) is 11.2. The van der Waals surface area contributed by atoms with Gasteiger partial charge in [-0.05, 0) is 39.7 Å². The molecule has 6 rings (SSSR count). The molecule has 0 atom stereocenters. The predicted octanol–water partition coefficient (Wildman–Crippen LogP) is 6.90. The fourth-order valence-electron chi connectivity index (χ4n) is 4.30. The highest BCUT2D eigenvalue weighted by molar-refractivity contribution is 7.85. The van der Waals surface area contributed by atoms with Crippen molar-refractivity contribution >= 4 is 50.3 Å². The highest BCUT2D eigenvalue weighted by atomic mass is 31.2. The van der Waals surface area contributed by atoms with Crippen molar-refractivity contribution in [1.82, 2.24) is 0 Å². The smallest absolute Gasteiger partial charge is 0.171 e. The Balaban J connectivity index is 0.000000192. The summed E-state index contributed by atoms with van der Waals surface area (Å²) in [5.41, 5.74) is 6.45.